The number of hydrogen-bond donors (Lipinski definition) is 1. The Hall–Kier alpha value is -1.39. The van der Waals surface area contributed by atoms with Crippen molar-refractivity contribution < 1.29 is 0 Å². The Morgan fingerprint density at radius 2 is 2.10 bits per heavy atom. The highest BCUT2D eigenvalue weighted by Gasteiger charge is 2.23. The van der Waals surface area contributed by atoms with Crippen LogP contribution in [0.4, 0.5) is 0 Å². The van der Waals surface area contributed by atoms with Gasteiger partial charge in [0.2, 0.25) is 0 Å². The van der Waals surface area contributed by atoms with Crippen molar-refractivity contribution >= 4 is 11.6 Å². The summed E-state index contributed by atoms with van der Waals surface area (Å²) in [6, 6.07) is 2.06. The largest absolute Gasteiger partial charge is 0.305 e. The summed E-state index contributed by atoms with van der Waals surface area (Å²) in [5, 5.41) is 8.71. The lowest BCUT2D eigenvalue weighted by Crippen LogP contribution is -2.27. The number of nitrogens with one attached hydrogen (secondary N) is 1. The van der Waals surface area contributed by atoms with E-state index in [2.05, 4.69) is 36.2 Å². The molecule has 0 saturated carbocycles. The Morgan fingerprint density at radius 3 is 2.76 bits per heavy atom. The van der Waals surface area contributed by atoms with Crippen LogP contribution in [0.3, 0.4) is 0 Å². The average Bonchev–Trinajstić information content (AvgIpc) is 2.83. The lowest BCUT2D eigenvalue weighted by atomic mass is 10.0. The molecule has 0 aliphatic carbocycles. The normalized spacial score (nSPS) is 12.6. The van der Waals surface area contributed by atoms with Crippen LogP contribution in [-0.2, 0) is 6.54 Å². The van der Waals surface area contributed by atoms with Crippen molar-refractivity contribution in [2.75, 3.05) is 6.54 Å². The minimum absolute atomic E-state index is 0.0280. The van der Waals surface area contributed by atoms with Gasteiger partial charge in [-0.2, -0.15) is 5.10 Å². The summed E-state index contributed by atoms with van der Waals surface area (Å²) in [7, 11) is 0. The van der Waals surface area contributed by atoms with Gasteiger partial charge in [-0.1, -0.05) is 25.4 Å². The average molecular weight is 307 g/mol. The second kappa shape index (κ2) is 7.57. The molecule has 0 saturated heterocycles. The summed E-state index contributed by atoms with van der Waals surface area (Å²) >= 11 is 6.41. The molecule has 1 N–H and O–H groups in total. The van der Waals surface area contributed by atoms with Gasteiger partial charge in [0.15, 0.2) is 0 Å². The molecule has 0 radical (unpaired) electrons. The van der Waals surface area contributed by atoms with E-state index < -0.39 is 0 Å². The lowest BCUT2D eigenvalue weighted by Gasteiger charge is -2.22. The van der Waals surface area contributed by atoms with E-state index in [0.717, 1.165) is 37.2 Å². The van der Waals surface area contributed by atoms with Gasteiger partial charge < -0.3 is 5.32 Å². The van der Waals surface area contributed by atoms with E-state index in [1.165, 1.54) is 5.56 Å². The first-order chi connectivity index (χ1) is 10.2. The van der Waals surface area contributed by atoms with Crippen LogP contribution in [0.25, 0.3) is 0 Å². The van der Waals surface area contributed by atoms with Crippen molar-refractivity contribution in [3.63, 3.8) is 0 Å². The molecule has 0 amide bonds. The molecule has 0 aromatic carbocycles. The molecule has 2 aromatic rings. The van der Waals surface area contributed by atoms with Crippen molar-refractivity contribution in [3.8, 4) is 0 Å². The van der Waals surface area contributed by atoms with E-state index in [4.69, 9.17) is 11.6 Å². The Morgan fingerprint density at radius 1 is 1.29 bits per heavy atom. The van der Waals surface area contributed by atoms with Crippen LogP contribution in [0.1, 0.15) is 49.6 Å². The first-order valence-corrected chi connectivity index (χ1v) is 7.91. The minimum Gasteiger partial charge on any atom is -0.305 e. The fourth-order valence-corrected chi connectivity index (χ4v) is 2.72. The minimum atomic E-state index is 0.0280. The quantitative estimate of drug-likeness (QED) is 0.847. The van der Waals surface area contributed by atoms with Crippen molar-refractivity contribution in [1.29, 1.82) is 0 Å². The maximum atomic E-state index is 6.41. The molecular weight excluding hydrogens is 284 g/mol. The molecule has 2 heterocycles. The van der Waals surface area contributed by atoms with E-state index in [9.17, 15) is 0 Å². The first-order valence-electron chi connectivity index (χ1n) is 7.54. The van der Waals surface area contributed by atoms with Gasteiger partial charge in [-0.05, 0) is 43.5 Å². The van der Waals surface area contributed by atoms with Gasteiger partial charge in [-0.15, -0.1) is 0 Å². The van der Waals surface area contributed by atoms with Gasteiger partial charge in [-0.25, -0.2) is 0 Å². The lowest BCUT2D eigenvalue weighted by molar-refractivity contribution is 0.510. The van der Waals surface area contributed by atoms with Crippen molar-refractivity contribution in [1.82, 2.24) is 20.1 Å². The maximum absolute atomic E-state index is 6.41. The predicted molar refractivity (Wildman–Crippen MR) is 86.6 cm³/mol. The SMILES string of the molecule is CCCNC(c1cnccc1C)c1c(Cl)cnn1CCC. The van der Waals surface area contributed by atoms with E-state index in [0.29, 0.717) is 5.02 Å². The third-order valence-corrected chi connectivity index (χ3v) is 3.82. The highest BCUT2D eigenvalue weighted by atomic mass is 35.5. The van der Waals surface area contributed by atoms with Crippen LogP contribution >= 0.6 is 11.6 Å². The van der Waals surface area contributed by atoms with E-state index in [-0.39, 0.29) is 6.04 Å². The molecule has 2 rings (SSSR count). The highest BCUT2D eigenvalue weighted by molar-refractivity contribution is 6.31. The highest BCUT2D eigenvalue weighted by Crippen LogP contribution is 2.29. The Balaban J connectivity index is 2.45. The zero-order valence-corrected chi connectivity index (χ0v) is 13.7. The van der Waals surface area contributed by atoms with Gasteiger partial charge in [0.05, 0.1) is 23.0 Å². The van der Waals surface area contributed by atoms with Crippen LogP contribution in [-0.4, -0.2) is 21.3 Å². The zero-order chi connectivity index (χ0) is 15.2. The Kier molecular flexibility index (Phi) is 5.76. The maximum Gasteiger partial charge on any atom is 0.0837 e. The fourth-order valence-electron chi connectivity index (χ4n) is 2.47. The third kappa shape index (κ3) is 3.63. The zero-order valence-electron chi connectivity index (χ0n) is 12.9. The molecular formula is C16H23ClN4. The van der Waals surface area contributed by atoms with E-state index >= 15 is 0 Å². The van der Waals surface area contributed by atoms with Crippen LogP contribution in [0.2, 0.25) is 5.02 Å². The number of aryl methyl sites for hydroxylation is 2. The molecule has 4 nitrogen and oxygen atoms in total. The second-order valence-electron chi connectivity index (χ2n) is 5.22. The topological polar surface area (TPSA) is 42.7 Å². The molecule has 2 aromatic heterocycles. The standard InChI is InChI=1S/C16H23ClN4/c1-4-7-19-15(13-10-18-8-6-12(13)3)16-14(17)11-20-21(16)9-5-2/h6,8,10-11,15,19H,4-5,7,9H2,1-3H3. The monoisotopic (exact) mass is 306 g/mol. The van der Waals surface area contributed by atoms with Crippen LogP contribution < -0.4 is 5.32 Å². The molecule has 1 atom stereocenters. The van der Waals surface area contributed by atoms with Gasteiger partial charge in [0.25, 0.3) is 0 Å². The van der Waals surface area contributed by atoms with Crippen molar-refractivity contribution in [3.05, 3.63) is 46.5 Å². The molecule has 0 spiro atoms. The second-order valence-corrected chi connectivity index (χ2v) is 5.63. The van der Waals surface area contributed by atoms with Crippen molar-refractivity contribution in [2.45, 2.75) is 46.2 Å². The van der Waals surface area contributed by atoms with Gasteiger partial charge in [0.1, 0.15) is 0 Å². The molecule has 0 bridgehead atoms. The molecule has 0 fully saturated rings. The van der Waals surface area contributed by atoms with Crippen LogP contribution in [0, 0.1) is 6.92 Å². The predicted octanol–water partition coefficient (Wildman–Crippen LogP) is 3.74. The summed E-state index contributed by atoms with van der Waals surface area (Å²) in [5.74, 6) is 0. The van der Waals surface area contributed by atoms with Crippen LogP contribution in [0.5, 0.6) is 0 Å². The molecule has 1 unspecified atom stereocenters. The fraction of sp³-hybridized carbons (Fsp3) is 0.500. The summed E-state index contributed by atoms with van der Waals surface area (Å²) in [4.78, 5) is 4.28. The molecule has 114 valence electrons. The third-order valence-electron chi connectivity index (χ3n) is 3.53. The summed E-state index contributed by atoms with van der Waals surface area (Å²) in [6.07, 6.45) is 7.56. The van der Waals surface area contributed by atoms with Crippen LogP contribution in [0.15, 0.2) is 24.7 Å². The number of aromatic nitrogens is 3. The summed E-state index contributed by atoms with van der Waals surface area (Å²) < 4.78 is 2.00. The Bertz CT molecular complexity index is 579. The van der Waals surface area contributed by atoms with E-state index in [1.54, 1.807) is 6.20 Å². The summed E-state index contributed by atoms with van der Waals surface area (Å²) in [6.45, 7) is 8.19. The van der Waals surface area contributed by atoms with Crippen molar-refractivity contribution in [2.24, 2.45) is 0 Å². The molecule has 0 aliphatic rings. The molecule has 21 heavy (non-hydrogen) atoms. The molecule has 0 aliphatic heterocycles. The first kappa shape index (κ1) is 16.0. The molecule has 5 heteroatoms. The number of halogens is 1. The number of nitrogens with zero attached hydrogens (tertiary/aromatic N) is 3. The number of pyridine rings is 1. The Labute approximate surface area is 131 Å². The number of hydrogen-bond acceptors (Lipinski definition) is 3. The van der Waals surface area contributed by atoms with E-state index in [1.807, 2.05) is 23.1 Å². The van der Waals surface area contributed by atoms with Gasteiger partial charge in [0, 0.05) is 18.9 Å². The summed E-state index contributed by atoms with van der Waals surface area (Å²) in [5.41, 5.74) is 3.40. The van der Waals surface area contributed by atoms with Gasteiger partial charge >= 0.3 is 0 Å². The number of rotatable bonds is 7. The smallest absolute Gasteiger partial charge is 0.0837 e. The van der Waals surface area contributed by atoms with Gasteiger partial charge in [-0.3, -0.25) is 9.67 Å².